The van der Waals surface area contributed by atoms with Gasteiger partial charge in [0.1, 0.15) is 16.4 Å². The molecule has 1 fully saturated rings. The molecule has 1 aliphatic carbocycles. The Morgan fingerprint density at radius 3 is 2.53 bits per heavy atom. The Balaban J connectivity index is 2.52. The van der Waals surface area contributed by atoms with Crippen LogP contribution in [0.1, 0.15) is 39.5 Å². The molecule has 100 valence electrons. The zero-order valence-electron chi connectivity index (χ0n) is 10.8. The van der Waals surface area contributed by atoms with Crippen molar-refractivity contribution >= 4 is 15.6 Å². The number of hydrogen-bond acceptors (Lipinski definition) is 4. The van der Waals surface area contributed by atoms with E-state index in [1.807, 2.05) is 13.8 Å². The maximum atomic E-state index is 11.9. The van der Waals surface area contributed by atoms with E-state index >= 15 is 0 Å². The van der Waals surface area contributed by atoms with Crippen LogP contribution in [0.2, 0.25) is 0 Å². The van der Waals surface area contributed by atoms with Gasteiger partial charge in [-0.2, -0.15) is 0 Å². The Labute approximate surface area is 104 Å². The predicted molar refractivity (Wildman–Crippen MR) is 66.7 cm³/mol. The minimum absolute atomic E-state index is 0.0354. The standard InChI is InChI=1S/C12H22O4S/c1-9(2)16-8-12(13)10-5-4-6-11(7-10)17(3,14)15/h9-11H,4-8H2,1-3H3. The van der Waals surface area contributed by atoms with Crippen molar-refractivity contribution in [3.63, 3.8) is 0 Å². The second-order valence-electron chi connectivity index (χ2n) is 5.14. The van der Waals surface area contributed by atoms with E-state index in [9.17, 15) is 13.2 Å². The Bertz CT molecular complexity index is 359. The molecule has 0 aromatic carbocycles. The van der Waals surface area contributed by atoms with Crippen molar-refractivity contribution < 1.29 is 17.9 Å². The largest absolute Gasteiger partial charge is 0.371 e. The Hall–Kier alpha value is -0.420. The zero-order chi connectivity index (χ0) is 13.1. The van der Waals surface area contributed by atoms with Crippen LogP contribution >= 0.6 is 0 Å². The van der Waals surface area contributed by atoms with E-state index in [0.29, 0.717) is 12.8 Å². The Kier molecular flexibility index (Phi) is 5.13. The minimum Gasteiger partial charge on any atom is -0.371 e. The number of Topliss-reactive ketones (excluding diaryl/α,β-unsaturated/α-hetero) is 1. The highest BCUT2D eigenvalue weighted by Gasteiger charge is 2.32. The Morgan fingerprint density at radius 1 is 1.35 bits per heavy atom. The number of carbonyl (C=O) groups excluding carboxylic acids is 1. The molecule has 4 nitrogen and oxygen atoms in total. The first-order chi connectivity index (χ1) is 7.80. The summed E-state index contributed by atoms with van der Waals surface area (Å²) >= 11 is 0. The summed E-state index contributed by atoms with van der Waals surface area (Å²) in [6.45, 7) is 3.87. The molecule has 0 spiro atoms. The highest BCUT2D eigenvalue weighted by atomic mass is 32.2. The molecule has 0 saturated heterocycles. The third kappa shape index (κ3) is 4.76. The van der Waals surface area contributed by atoms with Crippen molar-refractivity contribution in [1.82, 2.24) is 0 Å². The number of hydrogen-bond donors (Lipinski definition) is 0. The SMILES string of the molecule is CC(C)OCC(=O)C1CCCC(S(C)(=O)=O)C1. The lowest BCUT2D eigenvalue weighted by molar-refractivity contribution is -0.129. The first kappa shape index (κ1) is 14.6. The van der Waals surface area contributed by atoms with Crippen molar-refractivity contribution in [2.75, 3.05) is 12.9 Å². The second-order valence-corrected chi connectivity index (χ2v) is 7.47. The molecular weight excluding hydrogens is 240 g/mol. The van der Waals surface area contributed by atoms with Gasteiger partial charge in [-0.3, -0.25) is 4.79 Å². The van der Waals surface area contributed by atoms with Crippen LogP contribution in [0.4, 0.5) is 0 Å². The van der Waals surface area contributed by atoms with Crippen molar-refractivity contribution in [3.05, 3.63) is 0 Å². The van der Waals surface area contributed by atoms with Gasteiger partial charge in [0.15, 0.2) is 5.78 Å². The summed E-state index contributed by atoms with van der Waals surface area (Å²) < 4.78 is 28.2. The molecule has 2 unspecified atom stereocenters. The molecule has 1 rings (SSSR count). The molecule has 0 heterocycles. The molecule has 17 heavy (non-hydrogen) atoms. The maximum absolute atomic E-state index is 11.9. The highest BCUT2D eigenvalue weighted by molar-refractivity contribution is 7.91. The van der Waals surface area contributed by atoms with E-state index in [-0.39, 0.29) is 29.7 Å². The predicted octanol–water partition coefficient (Wildman–Crippen LogP) is 1.58. The van der Waals surface area contributed by atoms with Crippen LogP contribution in [0.25, 0.3) is 0 Å². The Morgan fingerprint density at radius 2 is 2.00 bits per heavy atom. The lowest BCUT2D eigenvalue weighted by Gasteiger charge is -2.27. The van der Waals surface area contributed by atoms with Crippen LogP contribution in [-0.4, -0.2) is 38.4 Å². The lowest BCUT2D eigenvalue weighted by atomic mass is 9.86. The number of sulfone groups is 1. The molecule has 0 aliphatic heterocycles. The van der Waals surface area contributed by atoms with Crippen LogP contribution in [0.5, 0.6) is 0 Å². The van der Waals surface area contributed by atoms with Gasteiger partial charge in [-0.15, -0.1) is 0 Å². The van der Waals surface area contributed by atoms with Crippen molar-refractivity contribution in [3.8, 4) is 0 Å². The van der Waals surface area contributed by atoms with E-state index in [1.54, 1.807) is 0 Å². The monoisotopic (exact) mass is 262 g/mol. The van der Waals surface area contributed by atoms with E-state index in [2.05, 4.69) is 0 Å². The maximum Gasteiger partial charge on any atom is 0.161 e. The minimum atomic E-state index is -3.02. The van der Waals surface area contributed by atoms with Crippen LogP contribution in [0, 0.1) is 5.92 Å². The summed E-state index contributed by atoms with van der Waals surface area (Å²) in [6.07, 6.45) is 4.07. The van der Waals surface area contributed by atoms with Crippen LogP contribution in [-0.2, 0) is 19.4 Å². The quantitative estimate of drug-likeness (QED) is 0.755. The van der Waals surface area contributed by atoms with Crippen molar-refractivity contribution in [2.45, 2.75) is 50.9 Å². The van der Waals surface area contributed by atoms with Gasteiger partial charge in [0, 0.05) is 12.2 Å². The summed E-state index contributed by atoms with van der Waals surface area (Å²) in [5.41, 5.74) is 0. The van der Waals surface area contributed by atoms with Gasteiger partial charge in [-0.1, -0.05) is 6.42 Å². The molecule has 0 amide bonds. The van der Waals surface area contributed by atoms with Gasteiger partial charge in [0.05, 0.1) is 11.4 Å². The average molecular weight is 262 g/mol. The van der Waals surface area contributed by atoms with Gasteiger partial charge in [-0.25, -0.2) is 8.42 Å². The van der Waals surface area contributed by atoms with Gasteiger partial charge in [0.25, 0.3) is 0 Å². The molecule has 0 radical (unpaired) electrons. The fraction of sp³-hybridized carbons (Fsp3) is 0.917. The van der Waals surface area contributed by atoms with Crippen LogP contribution in [0.15, 0.2) is 0 Å². The van der Waals surface area contributed by atoms with E-state index in [1.165, 1.54) is 6.26 Å². The van der Waals surface area contributed by atoms with Gasteiger partial charge < -0.3 is 4.74 Å². The summed E-state index contributed by atoms with van der Waals surface area (Å²) in [7, 11) is -3.02. The molecule has 2 atom stereocenters. The summed E-state index contributed by atoms with van der Waals surface area (Å²) in [4.78, 5) is 11.9. The topological polar surface area (TPSA) is 60.4 Å². The molecule has 0 aromatic rings. The molecular formula is C12H22O4S. The molecule has 0 N–H and O–H groups in total. The van der Waals surface area contributed by atoms with E-state index in [0.717, 1.165) is 12.8 Å². The first-order valence-corrected chi connectivity index (χ1v) is 8.09. The summed E-state index contributed by atoms with van der Waals surface area (Å²) in [5, 5.41) is -0.343. The molecule has 1 aliphatic rings. The van der Waals surface area contributed by atoms with Crippen LogP contribution in [0.3, 0.4) is 0 Å². The fourth-order valence-electron chi connectivity index (χ4n) is 2.19. The lowest BCUT2D eigenvalue weighted by Crippen LogP contribution is -2.33. The zero-order valence-corrected chi connectivity index (χ0v) is 11.6. The number of ether oxygens (including phenoxy) is 1. The number of rotatable bonds is 5. The fourth-order valence-corrected chi connectivity index (χ4v) is 3.37. The number of ketones is 1. The second kappa shape index (κ2) is 5.96. The van der Waals surface area contributed by atoms with E-state index < -0.39 is 9.84 Å². The molecule has 0 bridgehead atoms. The van der Waals surface area contributed by atoms with Gasteiger partial charge in [-0.05, 0) is 33.1 Å². The average Bonchev–Trinajstić information content (AvgIpc) is 2.25. The van der Waals surface area contributed by atoms with Crippen LogP contribution < -0.4 is 0 Å². The molecule has 5 heteroatoms. The third-order valence-electron chi connectivity index (χ3n) is 3.25. The van der Waals surface area contributed by atoms with Crippen molar-refractivity contribution in [2.24, 2.45) is 5.92 Å². The number of carbonyl (C=O) groups is 1. The normalized spacial score (nSPS) is 26.1. The van der Waals surface area contributed by atoms with Gasteiger partial charge >= 0.3 is 0 Å². The smallest absolute Gasteiger partial charge is 0.161 e. The summed E-state index contributed by atoms with van der Waals surface area (Å²) in [5.74, 6) is -0.0886. The van der Waals surface area contributed by atoms with Crippen molar-refractivity contribution in [1.29, 1.82) is 0 Å². The molecule has 0 aromatic heterocycles. The molecule has 1 saturated carbocycles. The van der Waals surface area contributed by atoms with E-state index in [4.69, 9.17) is 4.74 Å². The third-order valence-corrected chi connectivity index (χ3v) is 4.89. The van der Waals surface area contributed by atoms with Gasteiger partial charge in [0.2, 0.25) is 0 Å². The summed E-state index contributed by atoms with van der Waals surface area (Å²) in [6, 6.07) is 0. The first-order valence-electron chi connectivity index (χ1n) is 6.14. The highest BCUT2D eigenvalue weighted by Crippen LogP contribution is 2.29.